The fourth-order valence-corrected chi connectivity index (χ4v) is 2.38. The molecule has 0 radical (unpaired) electrons. The zero-order chi connectivity index (χ0) is 18.0. The first-order valence-electron chi connectivity index (χ1n) is 7.40. The van der Waals surface area contributed by atoms with Crippen molar-refractivity contribution in [1.82, 2.24) is 20.6 Å². The molecule has 3 rings (SSSR count). The largest absolute Gasteiger partial charge is 0.496 e. The minimum Gasteiger partial charge on any atom is -0.496 e. The van der Waals surface area contributed by atoms with Gasteiger partial charge in [0.1, 0.15) is 23.9 Å². The number of nitrogens with one attached hydrogen (secondary N) is 1. The maximum atomic E-state index is 12.3. The maximum Gasteiger partial charge on any atom is 0.283 e. The van der Waals surface area contributed by atoms with Crippen molar-refractivity contribution >= 4 is 5.91 Å². The summed E-state index contributed by atoms with van der Waals surface area (Å²) in [6.07, 6.45) is 0. The van der Waals surface area contributed by atoms with E-state index in [9.17, 15) is 4.79 Å². The fourth-order valence-electron chi connectivity index (χ4n) is 2.38. The van der Waals surface area contributed by atoms with Gasteiger partial charge in [-0.15, -0.1) is 0 Å². The van der Waals surface area contributed by atoms with E-state index in [0.29, 0.717) is 28.4 Å². The van der Waals surface area contributed by atoms with Crippen LogP contribution in [0.15, 0.2) is 52.2 Å². The lowest BCUT2D eigenvalue weighted by atomic mass is 10.1. The van der Waals surface area contributed by atoms with E-state index in [1.165, 1.54) is 5.01 Å². The number of ether oxygens (including phenoxy) is 1. The molecule has 0 aliphatic carbocycles. The Morgan fingerprint density at radius 1 is 1.44 bits per heavy atom. The van der Waals surface area contributed by atoms with Gasteiger partial charge >= 0.3 is 0 Å². The van der Waals surface area contributed by atoms with Crippen LogP contribution < -0.4 is 10.2 Å². The molecule has 2 heterocycles. The number of allylic oxidation sites excluding steroid dienone is 1. The van der Waals surface area contributed by atoms with E-state index < -0.39 is 5.91 Å². The SMILES string of the molecule is C=C1NN(Cc2nc(-c3ccccc3OC)no2)C(=O)C(C#N)=C1C. The molecule has 1 aliphatic heterocycles. The normalized spacial score (nSPS) is 14.4. The van der Waals surface area contributed by atoms with E-state index in [4.69, 9.17) is 14.5 Å². The molecule has 1 aliphatic rings. The van der Waals surface area contributed by atoms with Crippen LogP contribution in [0.5, 0.6) is 5.75 Å². The van der Waals surface area contributed by atoms with E-state index >= 15 is 0 Å². The molecule has 1 aromatic carbocycles. The number of hydrogen-bond acceptors (Lipinski definition) is 7. The van der Waals surface area contributed by atoms with Crippen LogP contribution in [0.25, 0.3) is 11.4 Å². The minimum absolute atomic E-state index is 0.00153. The number of hydrogen-bond donors (Lipinski definition) is 1. The first kappa shape index (κ1) is 16.3. The number of aromatic nitrogens is 2. The molecule has 1 N–H and O–H groups in total. The summed E-state index contributed by atoms with van der Waals surface area (Å²) in [5.41, 5.74) is 4.53. The summed E-state index contributed by atoms with van der Waals surface area (Å²) in [5.74, 6) is 0.708. The molecule has 0 saturated heterocycles. The second-order valence-corrected chi connectivity index (χ2v) is 5.31. The molecule has 1 amide bonds. The molecule has 0 fully saturated rings. The quantitative estimate of drug-likeness (QED) is 0.909. The molecule has 8 heteroatoms. The van der Waals surface area contributed by atoms with Crippen LogP contribution in [0.1, 0.15) is 12.8 Å². The molecule has 8 nitrogen and oxygen atoms in total. The average Bonchev–Trinajstić information content (AvgIpc) is 3.08. The van der Waals surface area contributed by atoms with Gasteiger partial charge in [-0.05, 0) is 24.6 Å². The van der Waals surface area contributed by atoms with Crippen LogP contribution >= 0.6 is 0 Å². The number of amides is 1. The van der Waals surface area contributed by atoms with Gasteiger partial charge in [-0.1, -0.05) is 23.9 Å². The van der Waals surface area contributed by atoms with E-state index in [2.05, 4.69) is 22.1 Å². The van der Waals surface area contributed by atoms with Crippen molar-refractivity contribution in [2.24, 2.45) is 0 Å². The monoisotopic (exact) mass is 337 g/mol. The van der Waals surface area contributed by atoms with Gasteiger partial charge in [-0.25, -0.2) is 5.01 Å². The zero-order valence-electron chi connectivity index (χ0n) is 13.7. The summed E-state index contributed by atoms with van der Waals surface area (Å²) < 4.78 is 10.5. The summed E-state index contributed by atoms with van der Waals surface area (Å²) >= 11 is 0. The lowest BCUT2D eigenvalue weighted by Crippen LogP contribution is -2.46. The van der Waals surface area contributed by atoms with Crippen LogP contribution in [0.4, 0.5) is 0 Å². The Kier molecular flexibility index (Phi) is 4.22. The predicted octanol–water partition coefficient (Wildman–Crippen LogP) is 1.95. The first-order valence-corrected chi connectivity index (χ1v) is 7.40. The standard InChI is InChI=1S/C17H15N5O3/c1-10-11(2)20-22(17(23)13(10)8-18)9-15-19-16(21-25-15)12-6-4-5-7-14(12)24-3/h4-7,20H,2,9H2,1,3H3. The van der Waals surface area contributed by atoms with Gasteiger partial charge in [0.05, 0.1) is 18.4 Å². The summed E-state index contributed by atoms with van der Waals surface area (Å²) in [4.78, 5) is 16.6. The summed E-state index contributed by atoms with van der Waals surface area (Å²) in [6, 6.07) is 9.17. The molecular weight excluding hydrogens is 322 g/mol. The highest BCUT2D eigenvalue weighted by Crippen LogP contribution is 2.27. The van der Waals surface area contributed by atoms with E-state index in [1.54, 1.807) is 26.2 Å². The highest BCUT2D eigenvalue weighted by Gasteiger charge is 2.29. The number of para-hydroxylation sites is 1. The van der Waals surface area contributed by atoms with Crippen molar-refractivity contribution in [3.63, 3.8) is 0 Å². The van der Waals surface area contributed by atoms with Gasteiger partial charge < -0.3 is 9.26 Å². The van der Waals surface area contributed by atoms with Crippen LogP contribution in [-0.2, 0) is 11.3 Å². The van der Waals surface area contributed by atoms with Crippen molar-refractivity contribution < 1.29 is 14.1 Å². The summed E-state index contributed by atoms with van der Waals surface area (Å²) in [7, 11) is 1.56. The maximum absolute atomic E-state index is 12.3. The molecule has 0 unspecified atom stereocenters. The Bertz CT molecular complexity index is 922. The average molecular weight is 337 g/mol. The molecule has 1 aromatic heterocycles. The van der Waals surface area contributed by atoms with E-state index in [0.717, 1.165) is 0 Å². The van der Waals surface area contributed by atoms with Crippen molar-refractivity contribution in [2.75, 3.05) is 7.11 Å². The predicted molar refractivity (Wildman–Crippen MR) is 87.4 cm³/mol. The highest BCUT2D eigenvalue weighted by molar-refractivity contribution is 5.99. The van der Waals surface area contributed by atoms with Crippen molar-refractivity contribution in [2.45, 2.75) is 13.5 Å². The van der Waals surface area contributed by atoms with Crippen LogP contribution in [0.3, 0.4) is 0 Å². The lowest BCUT2D eigenvalue weighted by molar-refractivity contribution is -0.130. The van der Waals surface area contributed by atoms with Gasteiger partial charge in [0.2, 0.25) is 11.7 Å². The number of carbonyl (C=O) groups excluding carboxylic acids is 1. The number of nitriles is 1. The van der Waals surface area contributed by atoms with Gasteiger partial charge in [-0.3, -0.25) is 10.2 Å². The minimum atomic E-state index is -0.468. The Morgan fingerprint density at radius 3 is 2.92 bits per heavy atom. The molecule has 126 valence electrons. The zero-order valence-corrected chi connectivity index (χ0v) is 13.7. The second kappa shape index (κ2) is 6.49. The van der Waals surface area contributed by atoms with E-state index in [1.807, 2.05) is 18.2 Å². The molecule has 0 bridgehead atoms. The van der Waals surface area contributed by atoms with Crippen molar-refractivity contribution in [1.29, 1.82) is 5.26 Å². The summed E-state index contributed by atoms with van der Waals surface area (Å²) in [6.45, 7) is 5.46. The molecule has 0 saturated carbocycles. The molecular formula is C17H15N5O3. The Labute approximate surface area is 144 Å². The number of rotatable bonds is 4. The number of carbonyl (C=O) groups is 1. The fraction of sp³-hybridized carbons (Fsp3) is 0.176. The number of hydrazine groups is 1. The number of methoxy groups -OCH3 is 1. The van der Waals surface area contributed by atoms with Gasteiger partial charge in [0.25, 0.3) is 5.91 Å². The van der Waals surface area contributed by atoms with Crippen LogP contribution in [0, 0.1) is 11.3 Å². The van der Waals surface area contributed by atoms with Gasteiger partial charge in [-0.2, -0.15) is 10.2 Å². The van der Waals surface area contributed by atoms with Gasteiger partial charge in [0.15, 0.2) is 0 Å². The van der Waals surface area contributed by atoms with Crippen LogP contribution in [-0.4, -0.2) is 28.2 Å². The lowest BCUT2D eigenvalue weighted by Gasteiger charge is -2.29. The molecule has 25 heavy (non-hydrogen) atoms. The third-order valence-corrected chi connectivity index (χ3v) is 3.78. The summed E-state index contributed by atoms with van der Waals surface area (Å²) in [5, 5.41) is 14.3. The van der Waals surface area contributed by atoms with Crippen LogP contribution in [0.2, 0.25) is 0 Å². The second-order valence-electron chi connectivity index (χ2n) is 5.31. The Balaban J connectivity index is 1.84. The Morgan fingerprint density at radius 2 is 2.20 bits per heavy atom. The molecule has 2 aromatic rings. The molecule has 0 atom stereocenters. The highest BCUT2D eigenvalue weighted by atomic mass is 16.5. The van der Waals surface area contributed by atoms with Crippen molar-refractivity contribution in [3.05, 3.63) is 53.6 Å². The third kappa shape index (κ3) is 2.95. The van der Waals surface area contributed by atoms with E-state index in [-0.39, 0.29) is 18.0 Å². The van der Waals surface area contributed by atoms with Crippen molar-refractivity contribution in [3.8, 4) is 23.2 Å². The number of benzene rings is 1. The van der Waals surface area contributed by atoms with Gasteiger partial charge in [0, 0.05) is 0 Å². The smallest absolute Gasteiger partial charge is 0.283 e. The first-order chi connectivity index (χ1) is 12.0. The third-order valence-electron chi connectivity index (χ3n) is 3.78. The molecule has 0 spiro atoms. The topological polar surface area (TPSA) is 104 Å². The Hall–Kier alpha value is -3.60. The number of nitrogens with zero attached hydrogens (tertiary/aromatic N) is 4.